The molecule has 0 atom stereocenters. The van der Waals surface area contributed by atoms with Crippen molar-refractivity contribution >= 4 is 5.57 Å². The van der Waals surface area contributed by atoms with Gasteiger partial charge in [0.15, 0.2) is 0 Å². The molecule has 0 aromatic carbocycles. The summed E-state index contributed by atoms with van der Waals surface area (Å²) < 4.78 is 0. The Hall–Kier alpha value is -1.57. The highest BCUT2D eigenvalue weighted by molar-refractivity contribution is 5.77. The fraction of sp³-hybridized carbons (Fsp3) is 0.308. The van der Waals surface area contributed by atoms with E-state index in [1.54, 1.807) is 19.3 Å². The maximum absolute atomic E-state index is 9.65. The van der Waals surface area contributed by atoms with Crippen LogP contribution in [0.5, 0.6) is 0 Å². The van der Waals surface area contributed by atoms with E-state index in [9.17, 15) is 5.11 Å². The van der Waals surface area contributed by atoms with E-state index in [0.717, 1.165) is 22.3 Å². The quantitative estimate of drug-likeness (QED) is 0.588. The van der Waals surface area contributed by atoms with Crippen molar-refractivity contribution in [2.45, 2.75) is 27.7 Å². The van der Waals surface area contributed by atoms with Gasteiger partial charge in [0.25, 0.3) is 0 Å². The van der Waals surface area contributed by atoms with E-state index in [-0.39, 0.29) is 0 Å². The third-order valence-electron chi connectivity index (χ3n) is 2.13. The molecule has 0 aliphatic rings. The van der Waals surface area contributed by atoms with E-state index in [2.05, 4.69) is 4.98 Å². The fourth-order valence-electron chi connectivity index (χ4n) is 1.44. The predicted octanol–water partition coefficient (Wildman–Crippen LogP) is 3.65. The smallest absolute Gasteiger partial charge is 0.0969 e. The first-order valence-electron chi connectivity index (χ1n) is 4.98. The van der Waals surface area contributed by atoms with Crippen molar-refractivity contribution in [1.82, 2.24) is 4.98 Å². The molecule has 0 spiro atoms. The van der Waals surface area contributed by atoms with Crippen molar-refractivity contribution in [3.63, 3.8) is 0 Å². The molecule has 0 bridgehead atoms. The molecule has 1 aromatic heterocycles. The van der Waals surface area contributed by atoms with Gasteiger partial charge in [-0.25, -0.2) is 0 Å². The van der Waals surface area contributed by atoms with Crippen LogP contribution in [-0.2, 0) is 0 Å². The lowest BCUT2D eigenvalue weighted by Crippen LogP contribution is -1.91. The van der Waals surface area contributed by atoms with Crippen LogP contribution in [0.15, 0.2) is 35.9 Å². The number of pyridine rings is 1. The summed E-state index contributed by atoms with van der Waals surface area (Å²) in [5, 5.41) is 9.65. The van der Waals surface area contributed by atoms with E-state index in [0.29, 0.717) is 5.76 Å². The monoisotopic (exact) mass is 203 g/mol. The number of hydrogen-bond acceptors (Lipinski definition) is 2. The van der Waals surface area contributed by atoms with Gasteiger partial charge in [-0.15, -0.1) is 0 Å². The Labute approximate surface area is 91.0 Å². The molecule has 1 N–H and O–H groups in total. The molecule has 0 saturated carbocycles. The van der Waals surface area contributed by atoms with Crippen molar-refractivity contribution in [2.24, 2.45) is 0 Å². The number of aliphatic hydroxyl groups is 1. The van der Waals surface area contributed by atoms with E-state index in [1.807, 2.05) is 32.9 Å². The van der Waals surface area contributed by atoms with Gasteiger partial charge in [-0.05, 0) is 44.9 Å². The van der Waals surface area contributed by atoms with Crippen LogP contribution >= 0.6 is 0 Å². The SMILES string of the molecule is CC(C)=C/C(=C(\C)O)c1ccncc1C. The van der Waals surface area contributed by atoms with Gasteiger partial charge in [0.1, 0.15) is 0 Å². The molecular formula is C13H17NO. The highest BCUT2D eigenvalue weighted by atomic mass is 16.3. The Morgan fingerprint density at radius 3 is 2.47 bits per heavy atom. The zero-order valence-corrected chi connectivity index (χ0v) is 9.70. The molecule has 1 rings (SSSR count). The molecule has 80 valence electrons. The van der Waals surface area contributed by atoms with Crippen LogP contribution < -0.4 is 0 Å². The first kappa shape index (κ1) is 11.5. The van der Waals surface area contributed by atoms with Gasteiger partial charge in [-0.1, -0.05) is 11.6 Å². The van der Waals surface area contributed by atoms with Crippen LogP contribution in [-0.4, -0.2) is 10.1 Å². The molecule has 1 aromatic rings. The minimum atomic E-state index is 0.338. The van der Waals surface area contributed by atoms with Crippen LogP contribution in [0.4, 0.5) is 0 Å². The van der Waals surface area contributed by atoms with E-state index in [1.165, 1.54) is 0 Å². The second kappa shape index (κ2) is 4.78. The van der Waals surface area contributed by atoms with E-state index >= 15 is 0 Å². The summed E-state index contributed by atoms with van der Waals surface area (Å²) in [6.07, 6.45) is 5.53. The summed E-state index contributed by atoms with van der Waals surface area (Å²) in [5.74, 6) is 0.338. The summed E-state index contributed by atoms with van der Waals surface area (Å²) >= 11 is 0. The van der Waals surface area contributed by atoms with Crippen molar-refractivity contribution in [1.29, 1.82) is 0 Å². The van der Waals surface area contributed by atoms with E-state index < -0.39 is 0 Å². The molecule has 0 amide bonds. The molecule has 2 nitrogen and oxygen atoms in total. The number of allylic oxidation sites excluding steroid dienone is 4. The second-order valence-corrected chi connectivity index (χ2v) is 3.91. The van der Waals surface area contributed by atoms with Gasteiger partial charge in [-0.2, -0.15) is 0 Å². The maximum atomic E-state index is 9.65. The lowest BCUT2D eigenvalue weighted by Gasteiger charge is -2.08. The van der Waals surface area contributed by atoms with Crippen LogP contribution in [0.3, 0.4) is 0 Å². The maximum Gasteiger partial charge on any atom is 0.0969 e. The molecule has 1 heterocycles. The number of rotatable bonds is 2. The number of aryl methyl sites for hydroxylation is 1. The topological polar surface area (TPSA) is 33.1 Å². The molecule has 0 aliphatic heterocycles. The molecule has 15 heavy (non-hydrogen) atoms. The average Bonchev–Trinajstić information content (AvgIpc) is 2.15. The Kier molecular flexibility index (Phi) is 3.67. The Bertz CT molecular complexity index is 408. The summed E-state index contributed by atoms with van der Waals surface area (Å²) in [4.78, 5) is 4.04. The zero-order valence-electron chi connectivity index (χ0n) is 9.70. The van der Waals surface area contributed by atoms with Crippen molar-refractivity contribution in [2.75, 3.05) is 0 Å². The minimum Gasteiger partial charge on any atom is -0.512 e. The van der Waals surface area contributed by atoms with Crippen molar-refractivity contribution in [3.05, 3.63) is 47.0 Å². The third kappa shape index (κ3) is 2.94. The van der Waals surface area contributed by atoms with Gasteiger partial charge in [0, 0.05) is 18.0 Å². The summed E-state index contributed by atoms with van der Waals surface area (Å²) in [5.41, 5.74) is 4.13. The molecule has 0 fully saturated rings. The molecule has 0 radical (unpaired) electrons. The molecule has 0 saturated heterocycles. The highest BCUT2D eigenvalue weighted by Crippen LogP contribution is 2.22. The van der Waals surface area contributed by atoms with Crippen LogP contribution in [0.1, 0.15) is 31.9 Å². The fourth-order valence-corrected chi connectivity index (χ4v) is 1.44. The Morgan fingerprint density at radius 1 is 1.33 bits per heavy atom. The lowest BCUT2D eigenvalue weighted by molar-refractivity contribution is 0.417. The van der Waals surface area contributed by atoms with Crippen LogP contribution in [0.25, 0.3) is 5.57 Å². The number of aliphatic hydroxyl groups excluding tert-OH is 1. The first-order chi connectivity index (χ1) is 7.02. The number of hydrogen-bond donors (Lipinski definition) is 1. The first-order valence-corrected chi connectivity index (χ1v) is 4.98. The second-order valence-electron chi connectivity index (χ2n) is 3.91. The Morgan fingerprint density at radius 2 is 2.00 bits per heavy atom. The summed E-state index contributed by atoms with van der Waals surface area (Å²) in [7, 11) is 0. The summed E-state index contributed by atoms with van der Waals surface area (Å²) in [6.45, 7) is 7.72. The molecule has 0 unspecified atom stereocenters. The van der Waals surface area contributed by atoms with Gasteiger partial charge < -0.3 is 5.11 Å². The number of nitrogens with zero attached hydrogens (tertiary/aromatic N) is 1. The predicted molar refractivity (Wildman–Crippen MR) is 63.6 cm³/mol. The highest BCUT2D eigenvalue weighted by Gasteiger charge is 2.05. The van der Waals surface area contributed by atoms with Crippen LogP contribution in [0.2, 0.25) is 0 Å². The summed E-state index contributed by atoms with van der Waals surface area (Å²) in [6, 6.07) is 1.92. The molecule has 2 heteroatoms. The van der Waals surface area contributed by atoms with Gasteiger partial charge >= 0.3 is 0 Å². The van der Waals surface area contributed by atoms with Crippen molar-refractivity contribution < 1.29 is 5.11 Å². The normalized spacial score (nSPS) is 12.0. The minimum absolute atomic E-state index is 0.338. The van der Waals surface area contributed by atoms with Gasteiger partial charge in [0.2, 0.25) is 0 Å². The van der Waals surface area contributed by atoms with Gasteiger partial charge in [-0.3, -0.25) is 4.98 Å². The van der Waals surface area contributed by atoms with Gasteiger partial charge in [0.05, 0.1) is 5.76 Å². The standard InChI is InChI=1S/C13H17NO/c1-9(2)7-13(11(4)15)12-5-6-14-8-10(12)3/h5-8,15H,1-4H3/b13-11-. The van der Waals surface area contributed by atoms with E-state index in [4.69, 9.17) is 0 Å². The molecular weight excluding hydrogens is 186 g/mol. The van der Waals surface area contributed by atoms with Crippen molar-refractivity contribution in [3.8, 4) is 0 Å². The largest absolute Gasteiger partial charge is 0.512 e. The lowest BCUT2D eigenvalue weighted by atomic mass is 10.00. The molecule has 0 aliphatic carbocycles. The average molecular weight is 203 g/mol. The van der Waals surface area contributed by atoms with Crippen LogP contribution in [0, 0.1) is 6.92 Å². The zero-order chi connectivity index (χ0) is 11.4. The number of aromatic nitrogens is 1. The third-order valence-corrected chi connectivity index (χ3v) is 2.13. The Balaban J connectivity index is 3.31.